The van der Waals surface area contributed by atoms with Crippen LogP contribution in [0.25, 0.3) is 11.0 Å². The van der Waals surface area contributed by atoms with Crippen LogP contribution >= 0.6 is 0 Å². The highest BCUT2D eigenvalue weighted by molar-refractivity contribution is 5.99. The first-order valence-electron chi connectivity index (χ1n) is 6.86. The van der Waals surface area contributed by atoms with Gasteiger partial charge in [0.05, 0.1) is 22.3 Å². The average Bonchev–Trinajstić information content (AvgIpc) is 2.95. The van der Waals surface area contributed by atoms with Gasteiger partial charge in [-0.2, -0.15) is 18.3 Å². The van der Waals surface area contributed by atoms with E-state index < -0.39 is 11.7 Å². The van der Waals surface area contributed by atoms with E-state index in [1.54, 1.807) is 13.0 Å². The molecule has 2 N–H and O–H groups in total. The van der Waals surface area contributed by atoms with Crippen LogP contribution in [-0.4, -0.2) is 15.7 Å². The highest BCUT2D eigenvalue weighted by Gasteiger charge is 2.30. The molecule has 2 aromatic carbocycles. The molecule has 7 heteroatoms. The molecular formula is C16H13F3N4. The molecule has 0 aliphatic carbocycles. The van der Waals surface area contributed by atoms with Crippen LogP contribution in [0.2, 0.25) is 0 Å². The Bertz CT molecular complexity index is 832. The van der Waals surface area contributed by atoms with E-state index in [1.165, 1.54) is 6.07 Å². The first-order valence-corrected chi connectivity index (χ1v) is 6.86. The number of hydrogen-bond acceptors (Lipinski definition) is 3. The van der Waals surface area contributed by atoms with Gasteiger partial charge in [0.2, 0.25) is 5.95 Å². The minimum absolute atomic E-state index is 0.392. The number of nitrogens with zero attached hydrogens (tertiary/aromatic N) is 2. The number of nitrogens with one attached hydrogen (secondary N) is 2. The van der Waals surface area contributed by atoms with Gasteiger partial charge in [-0.3, -0.25) is 0 Å². The molecule has 0 atom stereocenters. The number of aromatic nitrogens is 2. The maximum absolute atomic E-state index is 12.7. The van der Waals surface area contributed by atoms with Gasteiger partial charge in [0.25, 0.3) is 0 Å². The summed E-state index contributed by atoms with van der Waals surface area (Å²) in [5, 5.41) is 4.09. The van der Waals surface area contributed by atoms with Crippen molar-refractivity contribution in [1.29, 1.82) is 0 Å². The second kappa shape index (κ2) is 5.75. The summed E-state index contributed by atoms with van der Waals surface area (Å²) >= 11 is 0. The van der Waals surface area contributed by atoms with Gasteiger partial charge < -0.3 is 4.98 Å². The largest absolute Gasteiger partial charge is 0.416 e. The average molecular weight is 318 g/mol. The zero-order valence-electron chi connectivity index (χ0n) is 12.1. The van der Waals surface area contributed by atoms with E-state index in [1.807, 2.05) is 24.3 Å². The van der Waals surface area contributed by atoms with Crippen LogP contribution in [0.4, 0.5) is 19.1 Å². The molecule has 0 saturated heterocycles. The van der Waals surface area contributed by atoms with Gasteiger partial charge in [0.15, 0.2) is 0 Å². The summed E-state index contributed by atoms with van der Waals surface area (Å²) in [7, 11) is 0. The number of para-hydroxylation sites is 2. The van der Waals surface area contributed by atoms with Crippen molar-refractivity contribution in [2.45, 2.75) is 13.1 Å². The highest BCUT2D eigenvalue weighted by Crippen LogP contribution is 2.29. The number of halogens is 3. The molecule has 0 saturated carbocycles. The Labute approximate surface area is 130 Å². The number of rotatable bonds is 3. The Morgan fingerprint density at radius 2 is 1.91 bits per heavy atom. The lowest BCUT2D eigenvalue weighted by Gasteiger charge is -2.08. The van der Waals surface area contributed by atoms with Crippen molar-refractivity contribution in [3.8, 4) is 0 Å². The molecule has 3 aromatic rings. The number of anilines is 1. The summed E-state index contributed by atoms with van der Waals surface area (Å²) in [5.41, 5.74) is 4.48. The summed E-state index contributed by atoms with van der Waals surface area (Å²) in [6.07, 6.45) is -4.37. The van der Waals surface area contributed by atoms with E-state index in [-0.39, 0.29) is 0 Å². The van der Waals surface area contributed by atoms with Crippen LogP contribution in [-0.2, 0) is 6.18 Å². The lowest BCUT2D eigenvalue weighted by atomic mass is 10.1. The van der Waals surface area contributed by atoms with E-state index in [0.29, 0.717) is 17.2 Å². The number of hydrogen-bond donors (Lipinski definition) is 2. The quantitative estimate of drug-likeness (QED) is 0.555. The maximum atomic E-state index is 12.7. The third-order valence-electron chi connectivity index (χ3n) is 3.33. The first-order chi connectivity index (χ1) is 10.9. The van der Waals surface area contributed by atoms with Gasteiger partial charge in [-0.05, 0) is 36.8 Å². The number of fused-ring (bicyclic) bond motifs is 1. The third-order valence-corrected chi connectivity index (χ3v) is 3.33. The Hall–Kier alpha value is -2.83. The fraction of sp³-hybridized carbons (Fsp3) is 0.125. The Morgan fingerprint density at radius 1 is 1.13 bits per heavy atom. The van der Waals surface area contributed by atoms with Crippen LogP contribution in [0.5, 0.6) is 0 Å². The Kier molecular flexibility index (Phi) is 3.77. The van der Waals surface area contributed by atoms with Crippen LogP contribution in [0.1, 0.15) is 18.1 Å². The van der Waals surface area contributed by atoms with Gasteiger partial charge in [-0.15, -0.1) is 0 Å². The molecule has 4 nitrogen and oxygen atoms in total. The molecular weight excluding hydrogens is 305 g/mol. The zero-order chi connectivity index (χ0) is 16.4. The number of benzene rings is 2. The molecule has 0 fully saturated rings. The molecule has 3 rings (SSSR count). The fourth-order valence-corrected chi connectivity index (χ4v) is 2.13. The molecule has 0 bridgehead atoms. The Morgan fingerprint density at radius 3 is 2.65 bits per heavy atom. The SMILES string of the molecule is C/C(=N/Nc1nc2ccccc2[nH]1)c1cccc(C(F)(F)F)c1. The molecule has 0 spiro atoms. The maximum Gasteiger partial charge on any atom is 0.416 e. The van der Waals surface area contributed by atoms with Crippen molar-refractivity contribution < 1.29 is 13.2 Å². The number of alkyl halides is 3. The molecule has 118 valence electrons. The van der Waals surface area contributed by atoms with Crippen LogP contribution in [0.3, 0.4) is 0 Å². The predicted molar refractivity (Wildman–Crippen MR) is 83.4 cm³/mol. The lowest BCUT2D eigenvalue weighted by molar-refractivity contribution is -0.137. The minimum Gasteiger partial charge on any atom is -0.323 e. The number of imidazole rings is 1. The van der Waals surface area contributed by atoms with E-state index >= 15 is 0 Å². The summed E-state index contributed by atoms with van der Waals surface area (Å²) in [6.45, 7) is 1.63. The second-order valence-corrected chi connectivity index (χ2v) is 4.99. The molecule has 1 heterocycles. The van der Waals surface area contributed by atoms with Gasteiger partial charge in [0.1, 0.15) is 0 Å². The molecule has 0 aliphatic rings. The number of hydrazone groups is 1. The van der Waals surface area contributed by atoms with Gasteiger partial charge in [0, 0.05) is 0 Å². The van der Waals surface area contributed by atoms with E-state index in [2.05, 4.69) is 20.5 Å². The fourth-order valence-electron chi connectivity index (χ4n) is 2.13. The smallest absolute Gasteiger partial charge is 0.323 e. The minimum atomic E-state index is -4.37. The standard InChI is InChI=1S/C16H13F3N4/c1-10(11-5-4-6-12(9-11)16(17,18)19)22-23-15-20-13-7-2-3-8-14(13)21-15/h2-9H,1H3,(H2,20,21,23)/b22-10-. The monoisotopic (exact) mass is 318 g/mol. The van der Waals surface area contributed by atoms with E-state index in [0.717, 1.165) is 23.2 Å². The first kappa shape index (κ1) is 15.1. The van der Waals surface area contributed by atoms with E-state index in [9.17, 15) is 13.2 Å². The number of H-pyrrole nitrogens is 1. The molecule has 0 amide bonds. The predicted octanol–water partition coefficient (Wildman–Crippen LogP) is 4.42. The Balaban J connectivity index is 1.82. The van der Waals surface area contributed by atoms with Gasteiger partial charge in [-0.25, -0.2) is 10.4 Å². The molecule has 23 heavy (non-hydrogen) atoms. The topological polar surface area (TPSA) is 53.1 Å². The number of aromatic amines is 1. The second-order valence-electron chi connectivity index (χ2n) is 4.99. The van der Waals surface area contributed by atoms with Crippen molar-refractivity contribution in [1.82, 2.24) is 9.97 Å². The van der Waals surface area contributed by atoms with Crippen molar-refractivity contribution >= 4 is 22.7 Å². The van der Waals surface area contributed by atoms with Crippen molar-refractivity contribution in [2.24, 2.45) is 5.10 Å². The van der Waals surface area contributed by atoms with Gasteiger partial charge >= 0.3 is 6.18 Å². The zero-order valence-corrected chi connectivity index (χ0v) is 12.1. The van der Waals surface area contributed by atoms with Gasteiger partial charge in [-0.1, -0.05) is 24.3 Å². The van der Waals surface area contributed by atoms with Crippen molar-refractivity contribution in [3.05, 3.63) is 59.7 Å². The van der Waals surface area contributed by atoms with Crippen LogP contribution < -0.4 is 5.43 Å². The van der Waals surface area contributed by atoms with Crippen molar-refractivity contribution in [2.75, 3.05) is 5.43 Å². The summed E-state index contributed by atoms with van der Waals surface area (Å²) in [6, 6.07) is 12.5. The van der Waals surface area contributed by atoms with E-state index in [4.69, 9.17) is 0 Å². The summed E-state index contributed by atoms with van der Waals surface area (Å²) < 4.78 is 38.2. The van der Waals surface area contributed by atoms with Crippen LogP contribution in [0.15, 0.2) is 53.6 Å². The molecule has 0 unspecified atom stereocenters. The van der Waals surface area contributed by atoms with Crippen molar-refractivity contribution in [3.63, 3.8) is 0 Å². The normalized spacial score (nSPS) is 12.6. The lowest BCUT2D eigenvalue weighted by Crippen LogP contribution is -2.07. The summed E-state index contributed by atoms with van der Waals surface area (Å²) in [4.78, 5) is 7.31. The van der Waals surface area contributed by atoms with Crippen LogP contribution in [0, 0.1) is 0 Å². The molecule has 1 aromatic heterocycles. The summed E-state index contributed by atoms with van der Waals surface area (Å²) in [5.74, 6) is 0.428. The molecule has 0 aliphatic heterocycles. The molecule has 0 radical (unpaired) electrons. The highest BCUT2D eigenvalue weighted by atomic mass is 19.4. The third kappa shape index (κ3) is 3.33.